The van der Waals surface area contributed by atoms with Crippen LogP contribution >= 0.6 is 0 Å². The Bertz CT molecular complexity index is 197. The molecule has 2 atom stereocenters. The van der Waals surface area contributed by atoms with Gasteiger partial charge in [0, 0.05) is 11.4 Å². The Balaban J connectivity index is 2.47. The lowest BCUT2D eigenvalue weighted by Gasteiger charge is -2.33. The molecule has 1 aliphatic rings. The molecule has 0 saturated heterocycles. The van der Waals surface area contributed by atoms with Gasteiger partial charge in [0.1, 0.15) is 4.75 Å². The first-order chi connectivity index (χ1) is 7.45. The molecule has 16 heavy (non-hydrogen) atoms. The van der Waals surface area contributed by atoms with Gasteiger partial charge >= 0.3 is 0 Å². The molecule has 0 bridgehead atoms. The summed E-state index contributed by atoms with van der Waals surface area (Å²) < 4.78 is 15.3. The van der Waals surface area contributed by atoms with E-state index in [9.17, 15) is 4.55 Å². The minimum atomic E-state index is -0.919. The van der Waals surface area contributed by atoms with Crippen LogP contribution in [0.2, 0.25) is 0 Å². The van der Waals surface area contributed by atoms with E-state index in [1.54, 1.807) is 0 Å². The molecular formula is C13H27NOS. The molecular weight excluding hydrogens is 218 g/mol. The average molecular weight is 245 g/mol. The van der Waals surface area contributed by atoms with E-state index in [0.29, 0.717) is 6.04 Å². The highest BCUT2D eigenvalue weighted by Gasteiger charge is 2.32. The fraction of sp³-hybridized carbons (Fsp3) is 1.00. The lowest BCUT2D eigenvalue weighted by Crippen LogP contribution is -2.47. The van der Waals surface area contributed by atoms with Gasteiger partial charge in [0.2, 0.25) is 0 Å². The van der Waals surface area contributed by atoms with Gasteiger partial charge in [0.15, 0.2) is 0 Å². The summed E-state index contributed by atoms with van der Waals surface area (Å²) in [6.45, 7) is 8.29. The normalized spacial score (nSPS) is 23.1. The number of rotatable bonds is 4. The van der Waals surface area contributed by atoms with E-state index in [-0.39, 0.29) is 4.75 Å². The van der Waals surface area contributed by atoms with Crippen molar-refractivity contribution in [2.24, 2.45) is 5.92 Å². The second kappa shape index (κ2) is 6.27. The first kappa shape index (κ1) is 14.3. The number of nitrogens with one attached hydrogen (secondary N) is 1. The van der Waals surface area contributed by atoms with Crippen molar-refractivity contribution in [3.63, 3.8) is 0 Å². The van der Waals surface area contributed by atoms with Crippen molar-refractivity contribution in [1.82, 2.24) is 4.72 Å². The van der Waals surface area contributed by atoms with Crippen LogP contribution in [0.1, 0.15) is 66.2 Å². The number of hydrogen-bond acceptors (Lipinski definition) is 2. The Hall–Kier alpha value is 0.270. The van der Waals surface area contributed by atoms with Crippen molar-refractivity contribution in [3.8, 4) is 0 Å². The maximum Gasteiger partial charge on any atom is 0.136 e. The third kappa shape index (κ3) is 4.27. The highest BCUT2D eigenvalue weighted by atomic mass is 32.2. The van der Waals surface area contributed by atoms with Crippen LogP contribution in [0.5, 0.6) is 0 Å². The largest absolute Gasteiger partial charge is 0.598 e. The molecule has 0 heterocycles. The van der Waals surface area contributed by atoms with Crippen LogP contribution in [-0.2, 0) is 11.4 Å². The monoisotopic (exact) mass is 245 g/mol. The van der Waals surface area contributed by atoms with Crippen LogP contribution in [0.25, 0.3) is 0 Å². The highest BCUT2D eigenvalue weighted by Crippen LogP contribution is 2.29. The van der Waals surface area contributed by atoms with E-state index in [0.717, 1.165) is 12.3 Å². The molecule has 0 spiro atoms. The third-order valence-corrected chi connectivity index (χ3v) is 5.10. The average Bonchev–Trinajstić information content (AvgIpc) is 2.25. The van der Waals surface area contributed by atoms with E-state index in [4.69, 9.17) is 0 Å². The van der Waals surface area contributed by atoms with Crippen molar-refractivity contribution in [2.75, 3.05) is 0 Å². The molecule has 1 aliphatic carbocycles. The molecule has 96 valence electrons. The Kier molecular flexibility index (Phi) is 5.62. The van der Waals surface area contributed by atoms with Gasteiger partial charge < -0.3 is 4.55 Å². The molecule has 0 aromatic carbocycles. The van der Waals surface area contributed by atoms with Gasteiger partial charge in [-0.15, -0.1) is 4.72 Å². The molecule has 1 saturated carbocycles. The predicted molar refractivity (Wildman–Crippen MR) is 71.7 cm³/mol. The summed E-state index contributed by atoms with van der Waals surface area (Å²) >= 11 is -0.919. The summed E-state index contributed by atoms with van der Waals surface area (Å²) in [5.74, 6) is 0.741. The van der Waals surface area contributed by atoms with E-state index < -0.39 is 11.4 Å². The highest BCUT2D eigenvalue weighted by molar-refractivity contribution is 7.90. The molecule has 2 nitrogen and oxygen atoms in total. The van der Waals surface area contributed by atoms with Gasteiger partial charge in [0.05, 0.1) is 6.04 Å². The van der Waals surface area contributed by atoms with E-state index in [2.05, 4.69) is 11.6 Å². The second-order valence-electron chi connectivity index (χ2n) is 5.91. The molecule has 1 unspecified atom stereocenters. The SMILES string of the molecule is CC[C@@H](N[S+]([O-])C(C)(C)C)C1CCCCC1. The predicted octanol–water partition coefficient (Wildman–Crippen LogP) is 3.40. The minimum Gasteiger partial charge on any atom is -0.598 e. The molecule has 0 aliphatic heterocycles. The van der Waals surface area contributed by atoms with Crippen molar-refractivity contribution in [3.05, 3.63) is 0 Å². The summed E-state index contributed by atoms with van der Waals surface area (Å²) in [5, 5.41) is 0. The summed E-state index contributed by atoms with van der Waals surface area (Å²) in [6.07, 6.45) is 7.80. The Morgan fingerprint density at radius 1 is 1.25 bits per heavy atom. The van der Waals surface area contributed by atoms with Gasteiger partial charge in [0.25, 0.3) is 0 Å². The first-order valence-electron chi connectivity index (χ1n) is 6.63. The van der Waals surface area contributed by atoms with Crippen LogP contribution < -0.4 is 4.72 Å². The fourth-order valence-electron chi connectivity index (χ4n) is 2.36. The van der Waals surface area contributed by atoms with Crippen LogP contribution in [0.15, 0.2) is 0 Å². The maximum absolute atomic E-state index is 12.1. The van der Waals surface area contributed by atoms with Crippen LogP contribution in [-0.4, -0.2) is 15.3 Å². The zero-order chi connectivity index (χ0) is 12.2. The summed E-state index contributed by atoms with van der Waals surface area (Å²) in [6, 6.07) is 0.445. The molecule has 1 N–H and O–H groups in total. The van der Waals surface area contributed by atoms with Crippen LogP contribution in [0.3, 0.4) is 0 Å². The maximum atomic E-state index is 12.1. The fourth-order valence-corrected chi connectivity index (χ4v) is 3.35. The molecule has 3 heteroatoms. The van der Waals surface area contributed by atoms with Crippen molar-refractivity contribution in [2.45, 2.75) is 77.0 Å². The van der Waals surface area contributed by atoms with Crippen LogP contribution in [0.4, 0.5) is 0 Å². The smallest absolute Gasteiger partial charge is 0.136 e. The Morgan fingerprint density at radius 3 is 2.25 bits per heavy atom. The standard InChI is InChI=1S/C13H27NOS/c1-5-12(11-9-7-6-8-10-11)14-16(15)13(2,3)4/h11-12,14H,5-10H2,1-4H3/t12-,16?/m1/s1. The first-order valence-corrected chi connectivity index (χ1v) is 7.78. The molecule has 1 fully saturated rings. The second-order valence-corrected chi connectivity index (χ2v) is 7.91. The molecule has 1 rings (SSSR count). The van der Waals surface area contributed by atoms with Gasteiger partial charge in [-0.05, 0) is 46.0 Å². The number of hydrogen-bond donors (Lipinski definition) is 1. The van der Waals surface area contributed by atoms with E-state index >= 15 is 0 Å². The Morgan fingerprint density at radius 2 is 1.81 bits per heavy atom. The topological polar surface area (TPSA) is 35.1 Å². The van der Waals surface area contributed by atoms with Crippen LogP contribution in [0, 0.1) is 5.92 Å². The molecule has 0 radical (unpaired) electrons. The summed E-state index contributed by atoms with van der Waals surface area (Å²) in [4.78, 5) is 0. The van der Waals surface area contributed by atoms with Crippen molar-refractivity contribution >= 4 is 11.4 Å². The van der Waals surface area contributed by atoms with Gasteiger partial charge in [-0.2, -0.15) is 0 Å². The quantitative estimate of drug-likeness (QED) is 0.770. The molecule has 0 aromatic rings. The lowest BCUT2D eigenvalue weighted by atomic mass is 9.83. The summed E-state index contributed by atoms with van der Waals surface area (Å²) in [7, 11) is 0. The zero-order valence-electron chi connectivity index (χ0n) is 11.2. The molecule has 0 amide bonds. The molecule has 0 aromatic heterocycles. The van der Waals surface area contributed by atoms with E-state index in [1.165, 1.54) is 32.1 Å². The van der Waals surface area contributed by atoms with Gasteiger partial charge in [-0.25, -0.2) is 0 Å². The summed E-state index contributed by atoms with van der Waals surface area (Å²) in [5.41, 5.74) is 0. The van der Waals surface area contributed by atoms with Crippen molar-refractivity contribution < 1.29 is 4.55 Å². The van der Waals surface area contributed by atoms with Crippen molar-refractivity contribution in [1.29, 1.82) is 0 Å². The van der Waals surface area contributed by atoms with Gasteiger partial charge in [-0.1, -0.05) is 26.2 Å². The van der Waals surface area contributed by atoms with E-state index in [1.807, 2.05) is 20.8 Å². The minimum absolute atomic E-state index is 0.151. The third-order valence-electron chi connectivity index (χ3n) is 3.47. The van der Waals surface area contributed by atoms with Gasteiger partial charge in [-0.3, -0.25) is 0 Å². The zero-order valence-corrected chi connectivity index (χ0v) is 12.0. The Labute approximate surface area is 104 Å². The lowest BCUT2D eigenvalue weighted by molar-refractivity contribution is 0.284.